The predicted molar refractivity (Wildman–Crippen MR) is 66.6 cm³/mol. The largest absolute Gasteiger partial charge is 0.492 e. The van der Waals surface area contributed by atoms with Crippen LogP contribution in [0.3, 0.4) is 0 Å². The third kappa shape index (κ3) is 2.26. The number of anilines is 1. The number of ether oxygens (including phenoxy) is 1. The second-order valence-electron chi connectivity index (χ2n) is 4.44. The lowest BCUT2D eigenvalue weighted by Gasteiger charge is -2.24. The molecule has 0 fully saturated rings. The Bertz CT molecular complexity index is 610. The van der Waals surface area contributed by atoms with Crippen LogP contribution in [0.2, 0.25) is 0 Å². The van der Waals surface area contributed by atoms with Gasteiger partial charge in [-0.25, -0.2) is 4.68 Å². The monoisotopic (exact) mass is 259 g/mol. The molecule has 7 nitrogen and oxygen atoms in total. The smallest absolute Gasteiger partial charge is 0.249 e. The van der Waals surface area contributed by atoms with E-state index in [1.54, 1.807) is 7.05 Å². The van der Waals surface area contributed by atoms with Gasteiger partial charge in [-0.3, -0.25) is 10.1 Å². The summed E-state index contributed by atoms with van der Waals surface area (Å²) < 4.78 is 7.00. The van der Waals surface area contributed by atoms with E-state index < -0.39 is 0 Å². The molecule has 0 saturated heterocycles. The Hall–Kier alpha value is -2.44. The molecule has 0 saturated carbocycles. The van der Waals surface area contributed by atoms with Crippen molar-refractivity contribution in [2.45, 2.75) is 6.42 Å². The Kier molecular flexibility index (Phi) is 2.86. The topological polar surface area (TPSA) is 81.9 Å². The molecule has 0 spiro atoms. The molecule has 0 aliphatic carbocycles. The highest BCUT2D eigenvalue weighted by Crippen LogP contribution is 2.27. The van der Waals surface area contributed by atoms with Crippen molar-refractivity contribution < 1.29 is 9.53 Å². The van der Waals surface area contributed by atoms with Crippen LogP contribution >= 0.6 is 0 Å². The van der Waals surface area contributed by atoms with Gasteiger partial charge in [-0.15, -0.1) is 0 Å². The Labute approximate surface area is 109 Å². The number of carbonyl (C=O) groups is 1. The van der Waals surface area contributed by atoms with Crippen molar-refractivity contribution in [3.05, 3.63) is 29.8 Å². The fourth-order valence-corrected chi connectivity index (χ4v) is 2.04. The highest BCUT2D eigenvalue weighted by molar-refractivity contribution is 5.91. The summed E-state index contributed by atoms with van der Waals surface area (Å²) in [6, 6.07) is 7.74. The van der Waals surface area contributed by atoms with Gasteiger partial charge in [-0.2, -0.15) is 0 Å². The van der Waals surface area contributed by atoms with Crippen LogP contribution in [0.5, 0.6) is 5.75 Å². The molecule has 2 heterocycles. The van der Waals surface area contributed by atoms with Crippen molar-refractivity contribution in [3.8, 4) is 5.75 Å². The molecule has 1 aliphatic heterocycles. The first-order valence-electron chi connectivity index (χ1n) is 5.98. The molecule has 2 aromatic rings. The first kappa shape index (κ1) is 11.6. The molecule has 1 N–H and O–H groups in total. The number of hydrogen-bond donors (Lipinski definition) is 1. The molecule has 1 aromatic carbocycles. The van der Waals surface area contributed by atoms with Crippen molar-refractivity contribution in [2.24, 2.45) is 13.0 Å². The molecule has 3 rings (SSSR count). The number of aromatic nitrogens is 4. The first-order valence-corrected chi connectivity index (χ1v) is 5.98. The molecule has 7 heteroatoms. The molecule has 0 radical (unpaired) electrons. The van der Waals surface area contributed by atoms with Gasteiger partial charge < -0.3 is 4.74 Å². The van der Waals surface area contributed by atoms with Gasteiger partial charge in [-0.1, -0.05) is 23.3 Å². The zero-order valence-electron chi connectivity index (χ0n) is 10.4. The lowest BCUT2D eigenvalue weighted by Crippen LogP contribution is -2.33. The fourth-order valence-electron chi connectivity index (χ4n) is 2.04. The maximum atomic E-state index is 12.1. The zero-order valence-corrected chi connectivity index (χ0v) is 10.4. The van der Waals surface area contributed by atoms with Crippen LogP contribution in [0.25, 0.3) is 0 Å². The molecule has 1 unspecified atom stereocenters. The summed E-state index contributed by atoms with van der Waals surface area (Å²) in [5, 5.41) is 13.6. The van der Waals surface area contributed by atoms with Gasteiger partial charge in [0.2, 0.25) is 11.9 Å². The number of carbonyl (C=O) groups excluding carboxylic acids is 1. The summed E-state index contributed by atoms with van der Waals surface area (Å²) >= 11 is 0. The number of amides is 1. The van der Waals surface area contributed by atoms with Gasteiger partial charge in [0.1, 0.15) is 12.4 Å². The van der Waals surface area contributed by atoms with Crippen molar-refractivity contribution in [1.29, 1.82) is 0 Å². The SMILES string of the molecule is Cn1nnnc1NC(=O)C1COc2ccccc2C1. The molecular weight excluding hydrogens is 246 g/mol. The van der Waals surface area contributed by atoms with Gasteiger partial charge in [0, 0.05) is 7.05 Å². The van der Waals surface area contributed by atoms with Crippen LogP contribution in [-0.4, -0.2) is 32.7 Å². The van der Waals surface area contributed by atoms with Crippen molar-refractivity contribution in [3.63, 3.8) is 0 Å². The third-order valence-corrected chi connectivity index (χ3v) is 3.10. The number of para-hydroxylation sites is 1. The van der Waals surface area contributed by atoms with E-state index in [-0.39, 0.29) is 11.8 Å². The molecule has 19 heavy (non-hydrogen) atoms. The average molecular weight is 259 g/mol. The number of rotatable bonds is 2. The third-order valence-electron chi connectivity index (χ3n) is 3.10. The van der Waals surface area contributed by atoms with Crippen LogP contribution in [0.1, 0.15) is 5.56 Å². The Morgan fingerprint density at radius 1 is 1.47 bits per heavy atom. The van der Waals surface area contributed by atoms with Crippen LogP contribution < -0.4 is 10.1 Å². The van der Waals surface area contributed by atoms with E-state index in [0.29, 0.717) is 19.0 Å². The fraction of sp³-hybridized carbons (Fsp3) is 0.333. The number of benzene rings is 1. The summed E-state index contributed by atoms with van der Waals surface area (Å²) in [4.78, 5) is 12.1. The summed E-state index contributed by atoms with van der Waals surface area (Å²) in [6.45, 7) is 0.369. The molecule has 1 atom stereocenters. The number of nitrogens with zero attached hydrogens (tertiary/aromatic N) is 4. The van der Waals surface area contributed by atoms with Crippen molar-refractivity contribution in [2.75, 3.05) is 11.9 Å². The number of hydrogen-bond acceptors (Lipinski definition) is 5. The minimum absolute atomic E-state index is 0.132. The van der Waals surface area contributed by atoms with E-state index in [0.717, 1.165) is 11.3 Å². The van der Waals surface area contributed by atoms with E-state index in [1.165, 1.54) is 4.68 Å². The molecular formula is C12H13N5O2. The van der Waals surface area contributed by atoms with Crippen LogP contribution in [0, 0.1) is 5.92 Å². The Balaban J connectivity index is 1.71. The summed E-state index contributed by atoms with van der Waals surface area (Å²) in [7, 11) is 1.67. The van der Waals surface area contributed by atoms with Crippen molar-refractivity contribution >= 4 is 11.9 Å². The second kappa shape index (κ2) is 4.68. The van der Waals surface area contributed by atoms with E-state index in [4.69, 9.17) is 4.74 Å². The van der Waals surface area contributed by atoms with Gasteiger partial charge in [-0.05, 0) is 28.5 Å². The van der Waals surface area contributed by atoms with Crippen LogP contribution in [0.4, 0.5) is 5.95 Å². The van der Waals surface area contributed by atoms with E-state index >= 15 is 0 Å². The predicted octanol–water partition coefficient (Wildman–Crippen LogP) is 0.400. The molecule has 1 aromatic heterocycles. The first-order chi connectivity index (χ1) is 9.24. The number of tetrazole rings is 1. The Morgan fingerprint density at radius 2 is 2.32 bits per heavy atom. The average Bonchev–Trinajstić information content (AvgIpc) is 2.84. The maximum Gasteiger partial charge on any atom is 0.249 e. The minimum Gasteiger partial charge on any atom is -0.492 e. The van der Waals surface area contributed by atoms with Crippen LogP contribution in [0.15, 0.2) is 24.3 Å². The van der Waals surface area contributed by atoms with Gasteiger partial charge in [0.25, 0.3) is 0 Å². The lowest BCUT2D eigenvalue weighted by atomic mass is 9.96. The van der Waals surface area contributed by atoms with Gasteiger partial charge in [0.15, 0.2) is 0 Å². The molecule has 1 amide bonds. The lowest BCUT2D eigenvalue weighted by molar-refractivity contribution is -0.121. The summed E-state index contributed by atoms with van der Waals surface area (Å²) in [5.74, 6) is 0.828. The molecule has 1 aliphatic rings. The zero-order chi connectivity index (χ0) is 13.2. The van der Waals surface area contributed by atoms with Crippen LogP contribution in [-0.2, 0) is 18.3 Å². The highest BCUT2D eigenvalue weighted by Gasteiger charge is 2.26. The van der Waals surface area contributed by atoms with Crippen molar-refractivity contribution in [1.82, 2.24) is 20.2 Å². The second-order valence-corrected chi connectivity index (χ2v) is 4.44. The summed E-state index contributed by atoms with van der Waals surface area (Å²) in [6.07, 6.45) is 0.660. The van der Waals surface area contributed by atoms with Gasteiger partial charge in [0.05, 0.1) is 5.92 Å². The van der Waals surface area contributed by atoms with E-state index in [2.05, 4.69) is 20.8 Å². The minimum atomic E-state index is -0.230. The normalized spacial score (nSPS) is 17.4. The number of fused-ring (bicyclic) bond motifs is 1. The Morgan fingerprint density at radius 3 is 3.11 bits per heavy atom. The molecule has 98 valence electrons. The quantitative estimate of drug-likeness (QED) is 0.844. The number of aryl methyl sites for hydroxylation is 1. The van der Waals surface area contributed by atoms with Gasteiger partial charge >= 0.3 is 0 Å². The highest BCUT2D eigenvalue weighted by atomic mass is 16.5. The number of nitrogens with one attached hydrogen (secondary N) is 1. The summed E-state index contributed by atoms with van der Waals surface area (Å²) in [5.41, 5.74) is 1.05. The van der Waals surface area contributed by atoms with E-state index in [1.807, 2.05) is 24.3 Å². The van der Waals surface area contributed by atoms with E-state index in [9.17, 15) is 4.79 Å². The molecule has 0 bridgehead atoms. The standard InChI is InChI=1S/C12H13N5O2/c1-17-12(14-15-16-17)13-11(18)9-6-8-4-2-3-5-10(8)19-7-9/h2-5,9H,6-7H2,1H3,(H,13,14,16,18). The maximum absolute atomic E-state index is 12.1.